The molecule has 34 heavy (non-hydrogen) atoms. The number of carbonyl (C=O) groups is 1. The number of aryl methyl sites for hydroxylation is 1. The van der Waals surface area contributed by atoms with Crippen LogP contribution in [-0.4, -0.2) is 81.7 Å². The first-order valence-electron chi connectivity index (χ1n) is 11.6. The molecule has 9 nitrogen and oxygen atoms in total. The predicted octanol–water partition coefficient (Wildman–Crippen LogP) is 1.77. The van der Waals surface area contributed by atoms with E-state index in [4.69, 9.17) is 4.74 Å². The molecule has 0 amide bonds. The van der Waals surface area contributed by atoms with Gasteiger partial charge in [-0.2, -0.15) is 4.98 Å². The SMILES string of the molecule is CC(=O)c1c(C)c2cnc(N[C@H]3CCOC[C@H]3O)nc2n(C2CC3(C2)CN(CC(F)F)C3)c1=O. The van der Waals surface area contributed by atoms with Crippen LogP contribution in [0.15, 0.2) is 11.0 Å². The van der Waals surface area contributed by atoms with Crippen molar-refractivity contribution in [1.29, 1.82) is 0 Å². The third-order valence-corrected chi connectivity index (χ3v) is 7.42. The Labute approximate surface area is 195 Å². The number of hydrogen-bond acceptors (Lipinski definition) is 8. The summed E-state index contributed by atoms with van der Waals surface area (Å²) in [7, 11) is 0. The zero-order valence-corrected chi connectivity index (χ0v) is 19.3. The molecule has 2 saturated heterocycles. The van der Waals surface area contributed by atoms with E-state index in [2.05, 4.69) is 15.3 Å². The summed E-state index contributed by atoms with van der Waals surface area (Å²) in [5, 5.41) is 14.0. The summed E-state index contributed by atoms with van der Waals surface area (Å²) in [6, 6.07) is -0.439. The van der Waals surface area contributed by atoms with Crippen LogP contribution in [-0.2, 0) is 4.74 Å². The Kier molecular flexibility index (Phi) is 5.89. The average Bonchev–Trinajstić information content (AvgIpc) is 2.71. The Balaban J connectivity index is 1.48. The molecule has 0 aromatic carbocycles. The number of hydrogen-bond donors (Lipinski definition) is 2. The summed E-state index contributed by atoms with van der Waals surface area (Å²) in [6.07, 6.45) is 0.500. The molecular weight excluding hydrogens is 448 g/mol. The summed E-state index contributed by atoms with van der Waals surface area (Å²) in [5.41, 5.74) is 0.673. The third kappa shape index (κ3) is 3.99. The lowest BCUT2D eigenvalue weighted by Crippen LogP contribution is -2.63. The minimum Gasteiger partial charge on any atom is -0.389 e. The lowest BCUT2D eigenvalue weighted by atomic mass is 9.60. The summed E-state index contributed by atoms with van der Waals surface area (Å²) in [5.74, 6) is -0.0196. The Morgan fingerprint density at radius 1 is 1.38 bits per heavy atom. The van der Waals surface area contributed by atoms with Crippen LogP contribution in [0.4, 0.5) is 14.7 Å². The number of likely N-dealkylation sites (tertiary alicyclic amines) is 1. The number of Topliss-reactive ketones (excluding diaryl/α,β-unsaturated/α-hetero) is 1. The van der Waals surface area contributed by atoms with Gasteiger partial charge in [0.1, 0.15) is 5.65 Å². The Morgan fingerprint density at radius 2 is 2.12 bits per heavy atom. The van der Waals surface area contributed by atoms with Crippen molar-refractivity contribution in [1.82, 2.24) is 19.4 Å². The summed E-state index contributed by atoms with van der Waals surface area (Å²) in [6.45, 7) is 4.80. The molecule has 1 aliphatic carbocycles. The highest BCUT2D eigenvalue weighted by molar-refractivity contribution is 5.99. The van der Waals surface area contributed by atoms with Crippen molar-refractivity contribution < 1.29 is 23.4 Å². The van der Waals surface area contributed by atoms with Gasteiger partial charge < -0.3 is 15.2 Å². The lowest BCUT2D eigenvalue weighted by molar-refractivity contribution is -0.104. The smallest absolute Gasteiger partial charge is 0.263 e. The maximum absolute atomic E-state index is 13.5. The quantitative estimate of drug-likeness (QED) is 0.606. The largest absolute Gasteiger partial charge is 0.389 e. The number of alkyl halides is 2. The van der Waals surface area contributed by atoms with E-state index < -0.39 is 12.5 Å². The molecule has 1 saturated carbocycles. The normalized spacial score (nSPS) is 24.9. The zero-order chi connectivity index (χ0) is 24.2. The molecule has 1 spiro atoms. The van der Waals surface area contributed by atoms with Crippen molar-refractivity contribution >= 4 is 22.8 Å². The number of aromatic nitrogens is 3. The van der Waals surface area contributed by atoms with Gasteiger partial charge in [-0.15, -0.1) is 0 Å². The van der Waals surface area contributed by atoms with Gasteiger partial charge in [-0.25, -0.2) is 13.8 Å². The summed E-state index contributed by atoms with van der Waals surface area (Å²) >= 11 is 0. The van der Waals surface area contributed by atoms with E-state index in [0.717, 1.165) is 0 Å². The number of ether oxygens (including phenoxy) is 1. The standard InChI is InChI=1S/C23H29F2N5O4/c1-12-15-7-26-22(27-16-3-4-34-9-17(16)32)28-20(15)30(21(33)19(12)13(2)31)14-5-23(6-14)10-29(11-23)8-18(24)25/h7,14,16-18,32H,3-6,8-11H2,1-2H3,(H,26,27,28)/t16-,17+/m0/s1. The van der Waals surface area contributed by atoms with Crippen LogP contribution in [0.1, 0.15) is 48.1 Å². The fraction of sp³-hybridized carbons (Fsp3) is 0.652. The number of rotatable bonds is 6. The predicted molar refractivity (Wildman–Crippen MR) is 121 cm³/mol. The first-order chi connectivity index (χ1) is 16.2. The van der Waals surface area contributed by atoms with Gasteiger partial charge in [0.05, 0.1) is 30.9 Å². The number of ketones is 1. The summed E-state index contributed by atoms with van der Waals surface area (Å²) in [4.78, 5) is 36.6. The van der Waals surface area contributed by atoms with E-state index in [1.165, 1.54) is 6.92 Å². The van der Waals surface area contributed by atoms with E-state index in [-0.39, 0.29) is 47.6 Å². The molecule has 2 aliphatic heterocycles. The van der Waals surface area contributed by atoms with E-state index in [1.807, 2.05) is 0 Å². The average molecular weight is 478 g/mol. The molecule has 2 aromatic rings. The number of pyridine rings is 1. The number of nitrogens with zero attached hydrogens (tertiary/aromatic N) is 4. The molecule has 4 heterocycles. The Morgan fingerprint density at radius 3 is 2.76 bits per heavy atom. The van der Waals surface area contributed by atoms with Crippen molar-refractivity contribution in [3.8, 4) is 0 Å². The molecule has 2 N–H and O–H groups in total. The first kappa shape index (κ1) is 23.3. The Hall–Kier alpha value is -2.50. The van der Waals surface area contributed by atoms with Crippen LogP contribution >= 0.6 is 0 Å². The molecule has 11 heteroatoms. The van der Waals surface area contributed by atoms with Crippen LogP contribution in [0.25, 0.3) is 11.0 Å². The maximum atomic E-state index is 13.5. The van der Waals surface area contributed by atoms with Gasteiger partial charge in [-0.3, -0.25) is 19.1 Å². The molecule has 2 aromatic heterocycles. The number of anilines is 1. The maximum Gasteiger partial charge on any atom is 0.263 e. The van der Waals surface area contributed by atoms with Crippen molar-refractivity contribution in [2.75, 3.05) is 38.2 Å². The number of fused-ring (bicyclic) bond motifs is 1. The van der Waals surface area contributed by atoms with Crippen LogP contribution in [0.5, 0.6) is 0 Å². The lowest BCUT2D eigenvalue weighted by Gasteiger charge is -2.59. The van der Waals surface area contributed by atoms with E-state index in [9.17, 15) is 23.5 Å². The fourth-order valence-electron chi connectivity index (χ4n) is 5.82. The first-order valence-corrected chi connectivity index (χ1v) is 11.6. The van der Waals surface area contributed by atoms with Gasteiger partial charge in [0.2, 0.25) is 5.95 Å². The number of halogens is 2. The zero-order valence-electron chi connectivity index (χ0n) is 19.3. The summed E-state index contributed by atoms with van der Waals surface area (Å²) < 4.78 is 32.2. The minimum atomic E-state index is -2.35. The van der Waals surface area contributed by atoms with Gasteiger partial charge in [-0.05, 0) is 44.1 Å². The number of nitrogens with one attached hydrogen (secondary N) is 1. The second-order valence-electron chi connectivity index (χ2n) is 9.97. The third-order valence-electron chi connectivity index (χ3n) is 7.42. The number of carbonyl (C=O) groups excluding carboxylic acids is 1. The van der Waals surface area contributed by atoms with E-state index in [0.29, 0.717) is 61.5 Å². The van der Waals surface area contributed by atoms with E-state index >= 15 is 0 Å². The number of aliphatic hydroxyl groups excluding tert-OH is 1. The fourth-order valence-corrected chi connectivity index (χ4v) is 5.82. The van der Waals surface area contributed by atoms with Crippen molar-refractivity contribution in [3.63, 3.8) is 0 Å². The second-order valence-corrected chi connectivity index (χ2v) is 9.97. The second kappa shape index (κ2) is 8.62. The molecule has 5 rings (SSSR count). The van der Waals surface area contributed by atoms with Crippen molar-refractivity contribution in [2.45, 2.75) is 57.7 Å². The molecule has 0 bridgehead atoms. The molecule has 3 aliphatic rings. The van der Waals surface area contributed by atoms with E-state index in [1.54, 1.807) is 22.6 Å². The molecule has 0 radical (unpaired) electrons. The van der Waals surface area contributed by atoms with Crippen LogP contribution in [0.3, 0.4) is 0 Å². The highest BCUT2D eigenvalue weighted by Gasteiger charge is 2.53. The highest BCUT2D eigenvalue weighted by atomic mass is 19.3. The molecule has 2 atom stereocenters. The number of aliphatic hydroxyl groups is 1. The topological polar surface area (TPSA) is 110 Å². The minimum absolute atomic E-state index is 0.0626. The van der Waals surface area contributed by atoms with Gasteiger partial charge in [0, 0.05) is 37.3 Å². The van der Waals surface area contributed by atoms with Gasteiger partial charge in [0.25, 0.3) is 12.0 Å². The molecule has 0 unspecified atom stereocenters. The van der Waals surface area contributed by atoms with Crippen LogP contribution in [0.2, 0.25) is 0 Å². The van der Waals surface area contributed by atoms with Gasteiger partial charge in [0.15, 0.2) is 5.78 Å². The molecular formula is C23H29F2N5O4. The highest BCUT2D eigenvalue weighted by Crippen LogP contribution is 2.54. The van der Waals surface area contributed by atoms with Crippen molar-refractivity contribution in [2.24, 2.45) is 5.41 Å². The molecule has 184 valence electrons. The van der Waals surface area contributed by atoms with Gasteiger partial charge in [-0.1, -0.05) is 0 Å². The van der Waals surface area contributed by atoms with Crippen LogP contribution in [0, 0.1) is 12.3 Å². The van der Waals surface area contributed by atoms with Crippen LogP contribution < -0.4 is 10.9 Å². The van der Waals surface area contributed by atoms with Gasteiger partial charge >= 0.3 is 0 Å². The Bertz CT molecular complexity index is 1170. The molecule has 3 fully saturated rings. The van der Waals surface area contributed by atoms with Crippen molar-refractivity contribution in [3.05, 3.63) is 27.7 Å². The monoisotopic (exact) mass is 477 g/mol.